The van der Waals surface area contributed by atoms with Crippen molar-refractivity contribution in [2.24, 2.45) is 0 Å². The second-order valence-electron chi connectivity index (χ2n) is 7.14. The van der Waals surface area contributed by atoms with Crippen molar-refractivity contribution in [3.8, 4) is 11.5 Å². The SMILES string of the molecule is C[C@H](OC(=O)c1cccc(Oc2ccccc2)c1)C(=O)NCCC1=CCCCC1. The molecular weight excluding hydrogens is 366 g/mol. The van der Waals surface area contributed by atoms with Crippen LogP contribution in [-0.2, 0) is 9.53 Å². The molecule has 1 N–H and O–H groups in total. The number of hydrogen-bond donors (Lipinski definition) is 1. The van der Waals surface area contributed by atoms with E-state index < -0.39 is 12.1 Å². The van der Waals surface area contributed by atoms with Gasteiger partial charge in [-0.15, -0.1) is 0 Å². The third kappa shape index (κ3) is 6.49. The van der Waals surface area contributed by atoms with Crippen LogP contribution in [0.2, 0.25) is 0 Å². The molecule has 2 aromatic carbocycles. The Morgan fingerprint density at radius 2 is 1.83 bits per heavy atom. The summed E-state index contributed by atoms with van der Waals surface area (Å²) in [4.78, 5) is 24.6. The van der Waals surface area contributed by atoms with Crippen LogP contribution in [0.15, 0.2) is 66.2 Å². The van der Waals surface area contributed by atoms with Crippen LogP contribution >= 0.6 is 0 Å². The first-order valence-corrected chi connectivity index (χ1v) is 10.1. The number of hydrogen-bond acceptors (Lipinski definition) is 4. The molecule has 0 unspecified atom stereocenters. The lowest BCUT2D eigenvalue weighted by atomic mass is 9.97. The van der Waals surface area contributed by atoms with Gasteiger partial charge in [-0.2, -0.15) is 0 Å². The molecule has 0 spiro atoms. The average Bonchev–Trinajstić information content (AvgIpc) is 2.75. The molecule has 1 amide bonds. The molecule has 1 atom stereocenters. The van der Waals surface area contributed by atoms with Gasteiger partial charge < -0.3 is 14.8 Å². The molecule has 29 heavy (non-hydrogen) atoms. The fourth-order valence-electron chi connectivity index (χ4n) is 3.21. The van der Waals surface area contributed by atoms with Crippen molar-refractivity contribution < 1.29 is 19.1 Å². The molecule has 5 nitrogen and oxygen atoms in total. The maximum atomic E-state index is 12.4. The Morgan fingerprint density at radius 3 is 2.59 bits per heavy atom. The molecule has 0 aliphatic heterocycles. The Hall–Kier alpha value is -3.08. The maximum absolute atomic E-state index is 12.4. The van der Waals surface area contributed by atoms with Gasteiger partial charge >= 0.3 is 5.97 Å². The molecule has 1 aliphatic carbocycles. The maximum Gasteiger partial charge on any atom is 0.339 e. The minimum Gasteiger partial charge on any atom is -0.457 e. The monoisotopic (exact) mass is 393 g/mol. The Labute approximate surface area is 171 Å². The van der Waals surface area contributed by atoms with Gasteiger partial charge in [-0.25, -0.2) is 4.79 Å². The van der Waals surface area contributed by atoms with Gasteiger partial charge in [-0.1, -0.05) is 35.9 Å². The summed E-state index contributed by atoms with van der Waals surface area (Å²) in [6, 6.07) is 16.0. The zero-order chi connectivity index (χ0) is 20.5. The molecule has 5 heteroatoms. The van der Waals surface area contributed by atoms with E-state index in [-0.39, 0.29) is 5.91 Å². The number of allylic oxidation sites excluding steroid dienone is 1. The normalized spacial score (nSPS) is 14.4. The molecular formula is C24H27NO4. The third-order valence-electron chi connectivity index (χ3n) is 4.83. The Morgan fingerprint density at radius 1 is 1.03 bits per heavy atom. The van der Waals surface area contributed by atoms with E-state index in [1.165, 1.54) is 18.4 Å². The first-order valence-electron chi connectivity index (χ1n) is 10.1. The van der Waals surface area contributed by atoms with E-state index >= 15 is 0 Å². The lowest BCUT2D eigenvalue weighted by Gasteiger charge is -2.16. The van der Waals surface area contributed by atoms with Gasteiger partial charge in [0, 0.05) is 6.54 Å². The fraction of sp³-hybridized carbons (Fsp3) is 0.333. The summed E-state index contributed by atoms with van der Waals surface area (Å²) in [5.74, 6) is 0.370. The highest BCUT2D eigenvalue weighted by atomic mass is 16.5. The molecule has 152 valence electrons. The summed E-state index contributed by atoms with van der Waals surface area (Å²) in [5.41, 5.74) is 1.74. The molecule has 0 bridgehead atoms. The highest BCUT2D eigenvalue weighted by Gasteiger charge is 2.19. The van der Waals surface area contributed by atoms with Gasteiger partial charge in [-0.3, -0.25) is 4.79 Å². The highest BCUT2D eigenvalue weighted by molar-refractivity contribution is 5.92. The summed E-state index contributed by atoms with van der Waals surface area (Å²) in [5, 5.41) is 2.85. The quantitative estimate of drug-likeness (QED) is 0.505. The van der Waals surface area contributed by atoms with Gasteiger partial charge in [0.2, 0.25) is 0 Å². The smallest absolute Gasteiger partial charge is 0.339 e. The lowest BCUT2D eigenvalue weighted by molar-refractivity contribution is -0.129. The van der Waals surface area contributed by atoms with Crippen LogP contribution in [0.3, 0.4) is 0 Å². The molecule has 0 saturated heterocycles. The number of carbonyl (C=O) groups is 2. The number of carbonyl (C=O) groups excluding carboxylic acids is 2. The van der Waals surface area contributed by atoms with Gasteiger partial charge in [0.25, 0.3) is 5.91 Å². The van der Waals surface area contributed by atoms with Crippen molar-refractivity contribution in [3.05, 3.63) is 71.8 Å². The van der Waals surface area contributed by atoms with Crippen LogP contribution in [0.5, 0.6) is 11.5 Å². The molecule has 0 radical (unpaired) electrons. The fourth-order valence-corrected chi connectivity index (χ4v) is 3.21. The van der Waals surface area contributed by atoms with E-state index in [1.807, 2.05) is 30.3 Å². The first kappa shape index (κ1) is 20.6. The number of ether oxygens (including phenoxy) is 2. The number of para-hydroxylation sites is 1. The van der Waals surface area contributed by atoms with E-state index in [2.05, 4.69) is 11.4 Å². The van der Waals surface area contributed by atoms with Crippen molar-refractivity contribution >= 4 is 11.9 Å². The van der Waals surface area contributed by atoms with Crippen LogP contribution in [0.1, 0.15) is 49.4 Å². The van der Waals surface area contributed by atoms with Crippen LogP contribution in [0, 0.1) is 0 Å². The minimum absolute atomic E-state index is 0.286. The van der Waals surface area contributed by atoms with Crippen molar-refractivity contribution in [1.82, 2.24) is 5.32 Å². The zero-order valence-electron chi connectivity index (χ0n) is 16.7. The predicted octanol–water partition coefficient (Wildman–Crippen LogP) is 5.03. The van der Waals surface area contributed by atoms with Crippen molar-refractivity contribution in [2.75, 3.05) is 6.54 Å². The molecule has 0 aromatic heterocycles. The second kappa shape index (κ2) is 10.5. The average molecular weight is 393 g/mol. The standard InChI is InChI=1S/C24H27NO4/c1-18(23(26)25-16-15-19-9-4-2-5-10-19)28-24(27)20-11-8-14-22(17-20)29-21-12-6-3-7-13-21/h3,6-9,11-14,17-18H,2,4-5,10,15-16H2,1H3,(H,25,26)/t18-/m0/s1. The number of nitrogens with one attached hydrogen (secondary N) is 1. The number of rotatable bonds is 8. The molecule has 3 rings (SSSR count). The van der Waals surface area contributed by atoms with Gasteiger partial charge in [0.05, 0.1) is 5.56 Å². The Kier molecular flexibility index (Phi) is 7.45. The summed E-state index contributed by atoms with van der Waals surface area (Å²) >= 11 is 0. The Bertz CT molecular complexity index is 860. The minimum atomic E-state index is -0.860. The molecule has 2 aromatic rings. The van der Waals surface area contributed by atoms with Gasteiger partial charge in [0.15, 0.2) is 6.10 Å². The third-order valence-corrected chi connectivity index (χ3v) is 4.83. The number of benzene rings is 2. The van der Waals surface area contributed by atoms with E-state index in [9.17, 15) is 9.59 Å². The highest BCUT2D eigenvalue weighted by Crippen LogP contribution is 2.22. The largest absolute Gasteiger partial charge is 0.457 e. The van der Waals surface area contributed by atoms with Crippen LogP contribution in [0.4, 0.5) is 0 Å². The topological polar surface area (TPSA) is 64.6 Å². The zero-order valence-corrected chi connectivity index (χ0v) is 16.7. The van der Waals surface area contributed by atoms with Crippen LogP contribution < -0.4 is 10.1 Å². The van der Waals surface area contributed by atoms with Crippen LogP contribution in [0.25, 0.3) is 0 Å². The van der Waals surface area contributed by atoms with E-state index in [0.717, 1.165) is 19.3 Å². The van der Waals surface area contributed by atoms with Gasteiger partial charge in [0.1, 0.15) is 11.5 Å². The van der Waals surface area contributed by atoms with Crippen LogP contribution in [-0.4, -0.2) is 24.5 Å². The first-order chi connectivity index (χ1) is 14.1. The summed E-state index contributed by atoms with van der Waals surface area (Å²) in [6.45, 7) is 2.14. The van der Waals surface area contributed by atoms with E-state index in [0.29, 0.717) is 23.6 Å². The number of esters is 1. The van der Waals surface area contributed by atoms with Gasteiger partial charge in [-0.05, 0) is 69.4 Å². The van der Waals surface area contributed by atoms with Crippen molar-refractivity contribution in [2.45, 2.75) is 45.1 Å². The molecule has 0 heterocycles. The van der Waals surface area contributed by atoms with E-state index in [4.69, 9.17) is 9.47 Å². The van der Waals surface area contributed by atoms with Crippen molar-refractivity contribution in [1.29, 1.82) is 0 Å². The lowest BCUT2D eigenvalue weighted by Crippen LogP contribution is -2.36. The molecule has 1 aliphatic rings. The second-order valence-corrected chi connectivity index (χ2v) is 7.14. The van der Waals surface area contributed by atoms with Crippen molar-refractivity contribution in [3.63, 3.8) is 0 Å². The predicted molar refractivity (Wildman–Crippen MR) is 112 cm³/mol. The molecule has 0 saturated carbocycles. The summed E-state index contributed by atoms with van der Waals surface area (Å²) < 4.78 is 11.1. The molecule has 0 fully saturated rings. The number of amides is 1. The summed E-state index contributed by atoms with van der Waals surface area (Å²) in [7, 11) is 0. The summed E-state index contributed by atoms with van der Waals surface area (Å²) in [6.07, 6.45) is 6.98. The Balaban J connectivity index is 1.49. The van der Waals surface area contributed by atoms with E-state index in [1.54, 1.807) is 31.2 Å².